The first-order valence-corrected chi connectivity index (χ1v) is 27.1. The summed E-state index contributed by atoms with van der Waals surface area (Å²) in [6.45, 7) is 14.9. The smallest absolute Gasteiger partial charge is 0.272 e. The van der Waals surface area contributed by atoms with E-state index in [0.29, 0.717) is 59.7 Å². The molecule has 0 unspecified atom stereocenters. The Hall–Kier alpha value is -8.66. The minimum Gasteiger partial charge on any atom is -0.496 e. The van der Waals surface area contributed by atoms with Crippen molar-refractivity contribution in [1.29, 1.82) is 0 Å². The number of methoxy groups -OCH3 is 1. The fraction of sp³-hybridized carbons (Fsp3) is 0.262. The number of likely N-dealkylation sites (N-methyl/N-ethyl adjacent to an activating group) is 1. The molecule has 5 aromatic carbocycles. The van der Waals surface area contributed by atoms with Gasteiger partial charge in [0.1, 0.15) is 41.9 Å². The molecule has 0 aliphatic heterocycles. The minimum absolute atomic E-state index is 0. The van der Waals surface area contributed by atoms with Gasteiger partial charge in [-0.1, -0.05) is 97.4 Å². The van der Waals surface area contributed by atoms with Gasteiger partial charge in [-0.2, -0.15) is 5.10 Å². The molecule has 0 aliphatic carbocycles. The summed E-state index contributed by atoms with van der Waals surface area (Å²) in [6, 6.07) is 47.9. The van der Waals surface area contributed by atoms with Gasteiger partial charge in [-0.15, -0.1) is 0 Å². The van der Waals surface area contributed by atoms with Gasteiger partial charge in [0.2, 0.25) is 11.8 Å². The summed E-state index contributed by atoms with van der Waals surface area (Å²) in [5.74, 6) is 2.51. The third-order valence-corrected chi connectivity index (χ3v) is 14.0. The molecule has 0 fully saturated rings. The number of amides is 3. The van der Waals surface area contributed by atoms with Crippen molar-refractivity contribution in [2.45, 2.75) is 73.9 Å². The van der Waals surface area contributed by atoms with Gasteiger partial charge in [-0.3, -0.25) is 19.4 Å². The summed E-state index contributed by atoms with van der Waals surface area (Å²) >= 11 is 6.39. The largest absolute Gasteiger partial charge is 0.496 e. The van der Waals surface area contributed by atoms with E-state index in [9.17, 15) is 18.8 Å². The Kier molecular flexibility index (Phi) is 22.4. The molecular weight excluding hydrogens is 1040 g/mol. The van der Waals surface area contributed by atoms with Crippen molar-refractivity contribution in [1.82, 2.24) is 29.4 Å². The number of aryl methyl sites for hydroxylation is 2. The van der Waals surface area contributed by atoms with Crippen molar-refractivity contribution < 1.29 is 38.5 Å². The number of fused-ring (bicyclic) bond motifs is 2. The molecule has 0 spiro atoms. The standard InChI is InChI=1S/C23H28FN3O2.C21H21ClN2O.C21H20N2O3.H2O/c1-5-26(6-2)22(28)15-20-21-14-16(3)13-17(4)27(21)25-23(20)18-7-9-19(10-8-18)29-12-11-24;1-4-14(2)24(3)21(25)19-13-15-9-5-6-10-16(15)20(23-19)17-11-7-8-12-18(17)22;1-16(24)23(15-17-8-6-7-11-20(17)25-2)19-14-22-13-12-21(19)26-18-9-4-3-5-10-18;/h7-10,13-14H,5-6,11-12,15H2,1-4H3;5-14H,4H2,1-3H3;3-14H,15H2,1-2H3;1H2/t;14-;;/m.0../s1/i24-1;3-1;2-1;. The van der Waals surface area contributed by atoms with Crippen LogP contribution in [0.2, 0.25) is 5.02 Å². The van der Waals surface area contributed by atoms with Gasteiger partial charge in [-0.25, -0.2) is 13.9 Å². The number of para-hydroxylation sites is 2. The molecule has 14 nitrogen and oxygen atoms in total. The van der Waals surface area contributed by atoms with E-state index in [1.807, 2.05) is 185 Å². The monoisotopic (exact) mass is 1110 g/mol. The van der Waals surface area contributed by atoms with E-state index in [1.165, 1.54) is 6.92 Å². The molecule has 0 saturated carbocycles. The number of carbonyl (C=O) groups is 3. The maximum Gasteiger partial charge on any atom is 0.272 e. The highest BCUT2D eigenvalue weighted by molar-refractivity contribution is 6.33. The Morgan fingerprint density at radius 2 is 1.46 bits per heavy atom. The molecule has 0 saturated heterocycles. The van der Waals surface area contributed by atoms with Crippen LogP contribution in [0.15, 0.2) is 164 Å². The first-order valence-electron chi connectivity index (χ1n) is 26.7. The number of alkyl halides is 1. The molecule has 9 aromatic rings. The van der Waals surface area contributed by atoms with E-state index >= 15 is 0 Å². The number of aromatic nitrogens is 4. The number of hydrogen-bond donors (Lipinski definition) is 0. The van der Waals surface area contributed by atoms with Crippen molar-refractivity contribution in [3.63, 3.8) is 0 Å². The molecule has 9 rings (SSSR count). The summed E-state index contributed by atoms with van der Waals surface area (Å²) in [5.41, 5.74) is 9.24. The molecule has 0 radical (unpaired) electrons. The zero-order chi connectivity index (χ0) is 57.3. The van der Waals surface area contributed by atoms with Gasteiger partial charge >= 0.3 is 0 Å². The number of benzene rings is 5. The van der Waals surface area contributed by atoms with E-state index in [1.54, 1.807) is 35.4 Å². The van der Waals surface area contributed by atoms with E-state index in [-0.39, 0.29) is 35.8 Å². The van der Waals surface area contributed by atoms with Crippen LogP contribution in [0.1, 0.15) is 73.9 Å². The highest BCUT2D eigenvalue weighted by Gasteiger charge is 2.24. The van der Waals surface area contributed by atoms with Crippen LogP contribution in [-0.4, -0.2) is 99.1 Å². The molecule has 81 heavy (non-hydrogen) atoms. The maximum absolute atomic E-state index is 12.9. The molecule has 3 amide bonds. The maximum atomic E-state index is 12.9. The van der Waals surface area contributed by atoms with Crippen LogP contribution >= 0.6 is 11.6 Å². The fourth-order valence-corrected chi connectivity index (χ4v) is 9.33. The van der Waals surface area contributed by atoms with Crippen molar-refractivity contribution >= 4 is 51.3 Å². The van der Waals surface area contributed by atoms with Crippen molar-refractivity contribution in [2.24, 2.45) is 0 Å². The van der Waals surface area contributed by atoms with Gasteiger partial charge < -0.3 is 34.4 Å². The third kappa shape index (κ3) is 15.4. The number of nitrogens with zero attached hydrogens (tertiary/aromatic N) is 7. The van der Waals surface area contributed by atoms with Gasteiger partial charge in [0.15, 0.2) is 5.75 Å². The van der Waals surface area contributed by atoms with E-state index < -0.39 is 6.67 Å². The molecule has 0 bridgehead atoms. The highest BCUT2D eigenvalue weighted by atomic mass is 35.5. The number of pyridine rings is 3. The summed E-state index contributed by atoms with van der Waals surface area (Å²) in [7, 11) is 3.44. The first-order chi connectivity index (χ1) is 38.7. The predicted molar refractivity (Wildman–Crippen MR) is 321 cm³/mol. The zero-order valence-electron chi connectivity index (χ0n) is 47.5. The normalized spacial score (nSPS) is 11.0. The number of rotatable bonds is 18. The predicted octanol–water partition coefficient (Wildman–Crippen LogP) is 13.4. The molecular formula is C65H71ClFN7O7. The van der Waals surface area contributed by atoms with Crippen molar-refractivity contribution in [3.8, 4) is 45.5 Å². The van der Waals surface area contributed by atoms with Crippen LogP contribution in [0.4, 0.5) is 10.1 Å². The van der Waals surface area contributed by atoms with E-state index in [2.05, 4.69) is 24.0 Å². The average molecular weight is 1110 g/mol. The summed E-state index contributed by atoms with van der Waals surface area (Å²) in [6.07, 6.45) is 4.47. The minimum atomic E-state index is -0.523. The lowest BCUT2D eigenvalue weighted by atomic mass is 10.0. The van der Waals surface area contributed by atoms with Crippen molar-refractivity contribution in [3.05, 3.63) is 197 Å². The Bertz CT molecular complexity index is 3540. The quantitative estimate of drug-likeness (QED) is 0.0813. The van der Waals surface area contributed by atoms with E-state index in [0.717, 1.165) is 73.4 Å². The van der Waals surface area contributed by atoms with Gasteiger partial charge in [0, 0.05) is 83.7 Å². The van der Waals surface area contributed by atoms with Crippen LogP contribution in [0, 0.1) is 13.8 Å². The summed E-state index contributed by atoms with van der Waals surface area (Å²) in [4.78, 5) is 52.2. The molecule has 4 heterocycles. The Morgan fingerprint density at radius 1 is 0.778 bits per heavy atom. The lowest BCUT2D eigenvalue weighted by Crippen LogP contribution is -2.35. The average Bonchev–Trinajstić information content (AvgIpc) is 3.88. The van der Waals surface area contributed by atoms with Crippen molar-refractivity contribution in [2.75, 3.05) is 45.4 Å². The second-order valence-corrected chi connectivity index (χ2v) is 19.4. The van der Waals surface area contributed by atoms with Crippen LogP contribution in [0.3, 0.4) is 0 Å². The SMILES string of the molecule is CC(=O)N(Cc1ccccc1O[11CH3])c1cnccc1Oc1ccccc1.CCN(CC)C(=O)Cc1c(-c2ccc(OCC[18F])cc2)nn2c(C)cc(C)cc12.CC[C@H](C)N([11CH3])C(=O)c1cc2ccccc2c(-c2ccccc2Cl)n1.O. The molecule has 2 N–H and O–H groups in total. The van der Waals surface area contributed by atoms with Crippen LogP contribution in [-0.2, 0) is 22.6 Å². The van der Waals surface area contributed by atoms with Gasteiger partial charge in [0.25, 0.3) is 5.91 Å². The molecule has 16 heteroatoms. The molecule has 0 aliphatic rings. The zero-order valence-corrected chi connectivity index (χ0v) is 48.2. The number of anilines is 1. The van der Waals surface area contributed by atoms with Crippen LogP contribution in [0.5, 0.6) is 23.0 Å². The lowest BCUT2D eigenvalue weighted by molar-refractivity contribution is -0.130. The number of halogens is 2. The number of ether oxygens (including phenoxy) is 3. The summed E-state index contributed by atoms with van der Waals surface area (Å²) in [5, 5.41) is 7.41. The lowest BCUT2D eigenvalue weighted by Gasteiger charge is -2.24. The number of hydrogen-bond acceptors (Lipinski definition) is 9. The third-order valence-electron chi connectivity index (χ3n) is 13.7. The van der Waals surface area contributed by atoms with E-state index in [4.69, 9.17) is 35.9 Å². The second kappa shape index (κ2) is 29.5. The summed E-state index contributed by atoms with van der Waals surface area (Å²) < 4.78 is 30.9. The Balaban J connectivity index is 0.000000195. The fourth-order valence-electron chi connectivity index (χ4n) is 9.11. The second-order valence-electron chi connectivity index (χ2n) is 19.0. The molecule has 4 aromatic heterocycles. The Morgan fingerprint density at radius 3 is 2.14 bits per heavy atom. The van der Waals surface area contributed by atoms with Gasteiger partial charge in [-0.05, 0) is 119 Å². The molecule has 1 atom stereocenters. The number of carbonyl (C=O) groups excluding carboxylic acids is 3. The molecule has 422 valence electrons. The van der Waals surface area contributed by atoms with Crippen LogP contribution < -0.4 is 19.1 Å². The topological polar surface area (TPSA) is 163 Å². The first kappa shape index (κ1) is 61.6. The van der Waals surface area contributed by atoms with Crippen LogP contribution in [0.25, 0.3) is 38.8 Å². The Labute approximate surface area is 479 Å². The van der Waals surface area contributed by atoms with Gasteiger partial charge in [0.05, 0.1) is 43.2 Å². The highest BCUT2D eigenvalue weighted by Crippen LogP contribution is 2.36.